The van der Waals surface area contributed by atoms with Crippen LogP contribution in [0.1, 0.15) is 177 Å². The van der Waals surface area contributed by atoms with Crippen LogP contribution in [-0.4, -0.2) is 80.6 Å². The third kappa shape index (κ3) is 11.2. The van der Waals surface area contributed by atoms with Crippen LogP contribution in [0.25, 0.3) is 16.6 Å². The topological polar surface area (TPSA) is 167 Å². The fourth-order valence-corrected chi connectivity index (χ4v) is 19.3. The normalized spacial score (nSPS) is 28.7. The van der Waals surface area contributed by atoms with Crippen molar-refractivity contribution in [1.82, 2.24) is 15.2 Å². The van der Waals surface area contributed by atoms with Gasteiger partial charge >= 0.3 is 0 Å². The largest absolute Gasteiger partial charge is 0.508 e. The lowest BCUT2D eigenvalue weighted by atomic mass is 9.45. The van der Waals surface area contributed by atoms with Crippen molar-refractivity contribution >= 4 is 16.6 Å². The zero-order valence-electron chi connectivity index (χ0n) is 54.0. The molecule has 5 aromatic carbocycles. The summed E-state index contributed by atoms with van der Waals surface area (Å²) < 4.78 is 30.4. The maximum absolute atomic E-state index is 13.1. The van der Waals surface area contributed by atoms with Crippen molar-refractivity contribution in [2.75, 3.05) is 20.4 Å². The average Bonchev–Trinajstić information content (AvgIpc) is 0.779. The van der Waals surface area contributed by atoms with Gasteiger partial charge in [0.15, 0.2) is 11.5 Å². The number of nitrogens with zero attached hydrogens (tertiary/aromatic N) is 1. The van der Waals surface area contributed by atoms with Crippen LogP contribution >= 0.6 is 0 Å². The van der Waals surface area contributed by atoms with E-state index in [4.69, 9.17) is 18.9 Å². The molecule has 1 spiro atoms. The summed E-state index contributed by atoms with van der Waals surface area (Å²) in [7, 11) is 1.70. The van der Waals surface area contributed by atoms with E-state index < -0.39 is 12.2 Å². The van der Waals surface area contributed by atoms with Gasteiger partial charge in [-0.1, -0.05) is 118 Å². The van der Waals surface area contributed by atoms with Crippen LogP contribution in [0.4, 0.5) is 0 Å². The first kappa shape index (κ1) is 61.4. The fourth-order valence-electron chi connectivity index (χ4n) is 19.3. The predicted molar refractivity (Wildman–Crippen MR) is 359 cm³/mol. The van der Waals surface area contributed by atoms with E-state index in [0.717, 1.165) is 151 Å². The number of aliphatic hydroxyl groups is 2. The lowest BCUT2D eigenvalue weighted by Gasteiger charge is -2.63. The smallest absolute Gasteiger partial charge is 0.165 e. The van der Waals surface area contributed by atoms with Gasteiger partial charge in [-0.3, -0.25) is 5.32 Å². The number of phenolic OH excluding ortho intramolecular Hbond substituents is 3. The molecule has 7 heterocycles. The number of ether oxygens (including phenoxy) is 4. The Morgan fingerprint density at radius 3 is 2.54 bits per heavy atom. The number of fused-ring (bicyclic) bond motifs is 7. The maximum atomic E-state index is 13.1. The number of aliphatic hydroxyl groups excluding tert-OH is 2. The lowest BCUT2D eigenvalue weighted by molar-refractivity contribution is -0.193. The minimum absolute atomic E-state index is 0.000747. The first-order valence-electron chi connectivity index (χ1n) is 35.0. The molecule has 1 saturated heterocycles. The van der Waals surface area contributed by atoms with Crippen molar-refractivity contribution in [3.63, 3.8) is 0 Å². The Morgan fingerprint density at radius 1 is 0.870 bits per heavy atom. The Labute approximate surface area is 543 Å². The third-order valence-electron chi connectivity index (χ3n) is 23.5. The fraction of sp³-hybridized carbons (Fsp3) is 0.500. The summed E-state index contributed by atoms with van der Waals surface area (Å²) >= 11 is 0. The molecular formula is C80H93N3O9. The van der Waals surface area contributed by atoms with Crippen LogP contribution in [0, 0.1) is 47.3 Å². The minimum atomic E-state index is -0.725. The highest BCUT2D eigenvalue weighted by atomic mass is 16.5. The monoisotopic (exact) mass is 1240 g/mol. The van der Waals surface area contributed by atoms with Gasteiger partial charge in [0.2, 0.25) is 0 Å². The summed E-state index contributed by atoms with van der Waals surface area (Å²) in [4.78, 5) is 0. The predicted octanol–water partition coefficient (Wildman–Crippen LogP) is 14.0. The molecule has 12 heteroatoms. The second-order valence-corrected chi connectivity index (χ2v) is 29.1. The minimum Gasteiger partial charge on any atom is -0.508 e. The number of dihydropyridines is 1. The van der Waals surface area contributed by atoms with Gasteiger partial charge in [-0.2, -0.15) is 0 Å². The van der Waals surface area contributed by atoms with Gasteiger partial charge in [-0.25, -0.2) is 0 Å². The second kappa shape index (κ2) is 25.5. The molecule has 17 rings (SSSR count). The highest BCUT2D eigenvalue weighted by Gasteiger charge is 2.63. The van der Waals surface area contributed by atoms with E-state index in [0.29, 0.717) is 55.6 Å². The molecule has 92 heavy (non-hydrogen) atoms. The number of aromatic hydroxyl groups is 3. The number of hydrogen-bond acceptors (Lipinski definition) is 11. The standard InChI is InChI=1S/C80H93N3O9/c1-4-10-48(2)31-58-35-57-38-65-60(44-84)39-69(88)77(74(58)65)90-45-61-37-63(80-62-25-22-53-12-9-13-54(76(53)80)24-28-72(80)79(91-46-62)29-6-5-7-30-79)36-59-42-83(43-66(59)61)78-75-55(40-73(82-78)81-47-89-3)21-18-49(17-20-52-23-27-70(75)92-71(52)41-68(57)87)15-16-50-19-26-67(86)56(32-50)33-51-11-8-14-64(85)34-51/h8-9,11-14,19,23,26-27,32,34,36-37,39-40,42-43,48-49,52,57-58,62,68,70-73,81-82,84-88H,4-7,10,15-17,20,22,24-25,28-31,33,35,38,41,44-47H2,1-3H3. The van der Waals surface area contributed by atoms with Gasteiger partial charge < -0.3 is 54.4 Å². The number of nitrogens with one attached hydrogen (secondary N) is 2. The van der Waals surface area contributed by atoms with Gasteiger partial charge in [-0.05, 0) is 199 Å². The van der Waals surface area contributed by atoms with Crippen LogP contribution in [0.2, 0.25) is 0 Å². The molecular weight excluding hydrogens is 1150 g/mol. The molecule has 11 aliphatic rings. The Morgan fingerprint density at radius 2 is 1.72 bits per heavy atom. The maximum Gasteiger partial charge on any atom is 0.165 e. The van der Waals surface area contributed by atoms with E-state index in [1.807, 2.05) is 18.2 Å². The van der Waals surface area contributed by atoms with Crippen LogP contribution in [-0.2, 0) is 64.9 Å². The number of rotatable bonds is 14. The third-order valence-corrected chi connectivity index (χ3v) is 23.5. The number of hydrogen-bond donors (Lipinski definition) is 7. The van der Waals surface area contributed by atoms with Crippen molar-refractivity contribution < 1.29 is 44.5 Å². The molecule has 12 unspecified atom stereocenters. The Hall–Kier alpha value is -6.82. The summed E-state index contributed by atoms with van der Waals surface area (Å²) in [6.07, 6.45) is 27.8. The number of methoxy groups -OCH3 is 1. The van der Waals surface area contributed by atoms with Crippen molar-refractivity contribution in [1.29, 1.82) is 0 Å². The summed E-state index contributed by atoms with van der Waals surface area (Å²) in [6.45, 7) is 5.59. The molecule has 0 radical (unpaired) electrons. The van der Waals surface area contributed by atoms with Crippen molar-refractivity contribution in [2.45, 2.75) is 197 Å². The summed E-state index contributed by atoms with van der Waals surface area (Å²) in [6, 6.07) is 27.0. The summed E-state index contributed by atoms with van der Waals surface area (Å²) in [5.41, 5.74) is 13.7. The Balaban J connectivity index is 0.919. The highest BCUT2D eigenvalue weighted by molar-refractivity contribution is 5.89. The molecule has 5 aliphatic carbocycles. The summed E-state index contributed by atoms with van der Waals surface area (Å²) in [5, 5.41) is 67.9. The highest BCUT2D eigenvalue weighted by Crippen LogP contribution is 2.65. The van der Waals surface area contributed by atoms with Crippen LogP contribution < -0.4 is 15.4 Å². The summed E-state index contributed by atoms with van der Waals surface area (Å²) in [5.74, 6) is 10.3. The molecule has 12 nitrogen and oxygen atoms in total. The number of aryl methyl sites for hydroxylation is 3. The molecule has 482 valence electrons. The molecule has 1 saturated carbocycles. The van der Waals surface area contributed by atoms with Crippen molar-refractivity contribution in [2.24, 2.45) is 35.5 Å². The number of aromatic nitrogens is 1. The van der Waals surface area contributed by atoms with Gasteiger partial charge in [0.25, 0.3) is 0 Å². The SMILES string of the molecule is CCCC(C)CC1CC2Cc3c(CO)cc(O)c(c31)OCc1cc(C34c5c6cccc5CCC3C3(CCCCC3)OCC4CC6)cc3cn(cc13)C1=C3C(=CC(NCOC)N1)C#CC(CCc1ccc(O)c(Cc4cccc(O)c4)c1)CCC1C=CC3OC1CC2O. The molecule has 6 aliphatic heterocycles. The van der Waals surface area contributed by atoms with Gasteiger partial charge in [0, 0.05) is 83.0 Å². The van der Waals surface area contributed by atoms with Crippen LogP contribution in [0.15, 0.2) is 121 Å². The van der Waals surface area contributed by atoms with Gasteiger partial charge in [0.05, 0.1) is 37.8 Å². The van der Waals surface area contributed by atoms with Crippen LogP contribution in [0.3, 0.4) is 0 Å². The van der Waals surface area contributed by atoms with Gasteiger partial charge in [-0.15, -0.1) is 0 Å². The molecule has 1 aromatic heterocycles. The first-order chi connectivity index (χ1) is 44.9. The van der Waals surface area contributed by atoms with E-state index in [9.17, 15) is 25.5 Å². The van der Waals surface area contributed by atoms with Crippen molar-refractivity contribution in [3.05, 3.63) is 182 Å². The molecule has 10 bridgehead atoms. The number of phenols is 3. The lowest BCUT2D eigenvalue weighted by Crippen LogP contribution is -2.64. The van der Waals surface area contributed by atoms with E-state index in [2.05, 4.69) is 108 Å². The molecule has 7 N–H and O–H groups in total. The Kier molecular flexibility index (Phi) is 17.0. The van der Waals surface area contributed by atoms with E-state index >= 15 is 0 Å². The Bertz CT molecular complexity index is 3920. The molecule has 12 atom stereocenters. The van der Waals surface area contributed by atoms with E-state index in [1.54, 1.807) is 36.9 Å². The number of benzene rings is 5. The van der Waals surface area contributed by atoms with E-state index in [-0.39, 0.29) is 83.3 Å². The van der Waals surface area contributed by atoms with Crippen molar-refractivity contribution in [3.8, 4) is 34.8 Å². The average molecular weight is 1240 g/mol. The second-order valence-electron chi connectivity index (χ2n) is 29.1. The van der Waals surface area contributed by atoms with Gasteiger partial charge in [0.1, 0.15) is 36.2 Å². The zero-order chi connectivity index (χ0) is 62.8. The zero-order valence-corrected chi connectivity index (χ0v) is 54.0. The van der Waals surface area contributed by atoms with E-state index in [1.165, 1.54) is 36.0 Å². The first-order valence-corrected chi connectivity index (χ1v) is 35.0. The molecule has 2 fully saturated rings. The van der Waals surface area contributed by atoms with Crippen LogP contribution in [0.5, 0.6) is 23.0 Å². The quantitative estimate of drug-likeness (QED) is 0.0315. The molecule has 0 amide bonds. The molecule has 6 aromatic rings.